The Morgan fingerprint density at radius 3 is 2.50 bits per heavy atom. The lowest BCUT2D eigenvalue weighted by atomic mass is 10.2. The first-order valence-electron chi connectivity index (χ1n) is 8.37. The molecule has 1 aliphatic heterocycles. The molecule has 0 spiro atoms. The van der Waals surface area contributed by atoms with Crippen LogP contribution in [-0.4, -0.2) is 55.4 Å². The highest BCUT2D eigenvalue weighted by atomic mass is 16.5. The minimum absolute atomic E-state index is 0.218. The maximum absolute atomic E-state index is 12.6. The summed E-state index contributed by atoms with van der Waals surface area (Å²) in [5.74, 6) is 0. The first-order chi connectivity index (χ1) is 11.4. The van der Waals surface area contributed by atoms with Gasteiger partial charge in [0.25, 0.3) is 5.56 Å². The van der Waals surface area contributed by atoms with Gasteiger partial charge in [0.1, 0.15) is 0 Å². The quantitative estimate of drug-likeness (QED) is 0.782. The van der Waals surface area contributed by atoms with Crippen LogP contribution in [-0.2, 0) is 25.4 Å². The second-order valence-corrected chi connectivity index (χ2v) is 6.70. The van der Waals surface area contributed by atoms with Crippen molar-refractivity contribution in [3.05, 3.63) is 27.2 Å². The van der Waals surface area contributed by atoms with Gasteiger partial charge in [-0.1, -0.05) is 0 Å². The topological polar surface area (TPSA) is 74.3 Å². The van der Waals surface area contributed by atoms with E-state index in [1.165, 1.54) is 9.13 Å². The smallest absolute Gasteiger partial charge is 0.332 e. The van der Waals surface area contributed by atoms with Crippen LogP contribution in [0.25, 0.3) is 11.2 Å². The van der Waals surface area contributed by atoms with E-state index >= 15 is 0 Å². The zero-order chi connectivity index (χ0) is 17.4. The lowest BCUT2D eigenvalue weighted by Crippen LogP contribution is -2.46. The van der Waals surface area contributed by atoms with Gasteiger partial charge in [0.15, 0.2) is 11.2 Å². The molecule has 1 saturated heterocycles. The molecular weight excluding hydrogens is 310 g/mol. The minimum atomic E-state index is -0.310. The van der Waals surface area contributed by atoms with Gasteiger partial charge in [-0.15, -0.1) is 0 Å². The first kappa shape index (κ1) is 16.9. The second-order valence-electron chi connectivity index (χ2n) is 6.70. The van der Waals surface area contributed by atoms with Crippen LogP contribution in [0.2, 0.25) is 0 Å². The average Bonchev–Trinajstić information content (AvgIpc) is 2.89. The van der Waals surface area contributed by atoms with Crippen molar-refractivity contribution < 1.29 is 4.74 Å². The van der Waals surface area contributed by atoms with Gasteiger partial charge in [0.2, 0.25) is 0 Å². The second kappa shape index (κ2) is 6.52. The van der Waals surface area contributed by atoms with Crippen molar-refractivity contribution in [3.63, 3.8) is 0 Å². The number of aromatic nitrogens is 4. The summed E-state index contributed by atoms with van der Waals surface area (Å²) in [7, 11) is 3.42. The highest BCUT2D eigenvalue weighted by molar-refractivity contribution is 5.69. The molecule has 1 aliphatic rings. The molecule has 2 aromatic heterocycles. The van der Waals surface area contributed by atoms with E-state index in [0.29, 0.717) is 17.7 Å². The molecule has 8 nitrogen and oxygen atoms in total. The fourth-order valence-corrected chi connectivity index (χ4v) is 3.51. The van der Waals surface area contributed by atoms with E-state index in [0.717, 1.165) is 26.1 Å². The number of morpholine rings is 1. The van der Waals surface area contributed by atoms with Crippen LogP contribution in [0.5, 0.6) is 0 Å². The van der Waals surface area contributed by atoms with E-state index < -0.39 is 0 Å². The van der Waals surface area contributed by atoms with Crippen LogP contribution in [0.3, 0.4) is 0 Å². The van der Waals surface area contributed by atoms with Gasteiger partial charge in [-0.25, -0.2) is 9.78 Å². The fourth-order valence-electron chi connectivity index (χ4n) is 3.51. The Kier molecular flexibility index (Phi) is 4.60. The number of fused-ring (bicyclic) bond motifs is 1. The number of ether oxygens (including phenoxy) is 1. The van der Waals surface area contributed by atoms with Gasteiger partial charge < -0.3 is 9.30 Å². The maximum Gasteiger partial charge on any atom is 0.332 e. The van der Waals surface area contributed by atoms with Crippen molar-refractivity contribution in [1.82, 2.24) is 23.6 Å². The Morgan fingerprint density at radius 1 is 1.17 bits per heavy atom. The van der Waals surface area contributed by atoms with Crippen LogP contribution in [0.4, 0.5) is 0 Å². The van der Waals surface area contributed by atoms with E-state index in [1.54, 1.807) is 25.0 Å². The standard InChI is InChI=1S/C16H25N5O3/c1-11-8-20(9-12(2)24-11)6-5-7-21-15(22)13-14(17-10-18(13)3)19(4)16(21)23/h10-12H,5-9H2,1-4H3/t11-,12-/m1/s1. The average molecular weight is 335 g/mol. The Morgan fingerprint density at radius 2 is 1.83 bits per heavy atom. The molecule has 0 amide bonds. The van der Waals surface area contributed by atoms with Gasteiger partial charge in [-0.05, 0) is 20.3 Å². The Bertz CT molecular complexity index is 840. The summed E-state index contributed by atoms with van der Waals surface area (Å²) >= 11 is 0. The fraction of sp³-hybridized carbons (Fsp3) is 0.688. The van der Waals surface area contributed by atoms with E-state index in [4.69, 9.17) is 4.74 Å². The van der Waals surface area contributed by atoms with Crippen LogP contribution < -0.4 is 11.2 Å². The number of rotatable bonds is 4. The molecule has 24 heavy (non-hydrogen) atoms. The third-order valence-corrected chi connectivity index (χ3v) is 4.55. The molecule has 0 unspecified atom stereocenters. The molecule has 3 rings (SSSR count). The van der Waals surface area contributed by atoms with Gasteiger partial charge >= 0.3 is 5.69 Å². The molecule has 1 fully saturated rings. The summed E-state index contributed by atoms with van der Waals surface area (Å²) in [5, 5.41) is 0. The van der Waals surface area contributed by atoms with E-state index in [1.807, 2.05) is 0 Å². The van der Waals surface area contributed by atoms with E-state index in [-0.39, 0.29) is 23.5 Å². The molecule has 0 N–H and O–H groups in total. The van der Waals surface area contributed by atoms with Crippen LogP contribution >= 0.6 is 0 Å². The molecule has 0 aromatic carbocycles. The number of hydrogen-bond acceptors (Lipinski definition) is 5. The van der Waals surface area contributed by atoms with E-state index in [9.17, 15) is 9.59 Å². The molecule has 0 bridgehead atoms. The normalized spacial score (nSPS) is 22.3. The third-order valence-electron chi connectivity index (χ3n) is 4.55. The van der Waals surface area contributed by atoms with Crippen LogP contribution in [0.15, 0.2) is 15.9 Å². The lowest BCUT2D eigenvalue weighted by Gasteiger charge is -2.35. The largest absolute Gasteiger partial charge is 0.373 e. The lowest BCUT2D eigenvalue weighted by molar-refractivity contribution is -0.0682. The van der Waals surface area contributed by atoms with Crippen molar-refractivity contribution >= 4 is 11.2 Å². The Labute approximate surface area is 140 Å². The molecule has 8 heteroatoms. The summed E-state index contributed by atoms with van der Waals surface area (Å²) in [5.41, 5.74) is 0.317. The molecule has 0 saturated carbocycles. The number of hydrogen-bond donors (Lipinski definition) is 0. The van der Waals surface area contributed by atoms with Crippen molar-refractivity contribution in [2.75, 3.05) is 19.6 Å². The predicted molar refractivity (Wildman–Crippen MR) is 91.3 cm³/mol. The highest BCUT2D eigenvalue weighted by Gasteiger charge is 2.22. The Balaban J connectivity index is 1.77. The van der Waals surface area contributed by atoms with Gasteiger partial charge in [-0.2, -0.15) is 0 Å². The first-order valence-corrected chi connectivity index (χ1v) is 8.37. The highest BCUT2D eigenvalue weighted by Crippen LogP contribution is 2.11. The Hall–Kier alpha value is -1.93. The van der Waals surface area contributed by atoms with Gasteiger partial charge in [0.05, 0.1) is 18.5 Å². The number of nitrogens with zero attached hydrogens (tertiary/aromatic N) is 5. The van der Waals surface area contributed by atoms with Crippen molar-refractivity contribution in [1.29, 1.82) is 0 Å². The predicted octanol–water partition coefficient (Wildman–Crippen LogP) is -0.0670. The maximum atomic E-state index is 12.6. The third kappa shape index (κ3) is 3.03. The van der Waals surface area contributed by atoms with Crippen LogP contribution in [0, 0.1) is 0 Å². The van der Waals surface area contributed by atoms with Gasteiger partial charge in [-0.3, -0.25) is 18.8 Å². The number of aryl methyl sites for hydroxylation is 2. The molecule has 2 atom stereocenters. The summed E-state index contributed by atoms with van der Waals surface area (Å²) in [6.45, 7) is 7.16. The molecule has 0 aliphatic carbocycles. The summed E-state index contributed by atoms with van der Waals surface area (Å²) in [4.78, 5) is 31.5. The zero-order valence-corrected chi connectivity index (χ0v) is 14.7. The molecular formula is C16H25N5O3. The minimum Gasteiger partial charge on any atom is -0.373 e. The number of imidazole rings is 1. The van der Waals surface area contributed by atoms with E-state index in [2.05, 4.69) is 23.7 Å². The summed E-state index contributed by atoms with van der Waals surface area (Å²) < 4.78 is 10.2. The van der Waals surface area contributed by atoms with Crippen molar-refractivity contribution in [2.45, 2.75) is 39.0 Å². The molecule has 0 radical (unpaired) electrons. The molecule has 2 aromatic rings. The van der Waals surface area contributed by atoms with Crippen molar-refractivity contribution in [2.24, 2.45) is 14.1 Å². The van der Waals surface area contributed by atoms with Crippen molar-refractivity contribution in [3.8, 4) is 0 Å². The molecule has 132 valence electrons. The monoisotopic (exact) mass is 335 g/mol. The van der Waals surface area contributed by atoms with Gasteiger partial charge in [0, 0.05) is 40.3 Å². The van der Waals surface area contributed by atoms with Crippen LogP contribution in [0.1, 0.15) is 20.3 Å². The zero-order valence-electron chi connectivity index (χ0n) is 14.7. The summed E-state index contributed by atoms with van der Waals surface area (Å²) in [6.07, 6.45) is 2.75. The summed E-state index contributed by atoms with van der Waals surface area (Å²) in [6, 6.07) is 0. The molecule has 3 heterocycles. The SMILES string of the molecule is C[C@@H]1CN(CCCn2c(=O)c3c(ncn3C)n(C)c2=O)C[C@@H](C)O1.